The molecule has 1 fully saturated rings. The molecule has 2 amide bonds. The highest BCUT2D eigenvalue weighted by atomic mass is 16.6. The van der Waals surface area contributed by atoms with Crippen molar-refractivity contribution >= 4 is 17.5 Å². The fourth-order valence-electron chi connectivity index (χ4n) is 1.95. The maximum absolute atomic E-state index is 12.0. The number of rotatable bonds is 4. The molecule has 1 aromatic rings. The molecule has 0 saturated carbocycles. The Morgan fingerprint density at radius 2 is 2.05 bits per heavy atom. The molecule has 0 spiro atoms. The van der Waals surface area contributed by atoms with Crippen LogP contribution in [0.3, 0.4) is 0 Å². The third kappa shape index (κ3) is 3.10. The Balaban J connectivity index is 2.16. The maximum Gasteiger partial charge on any atom is 0.247 e. The smallest absolute Gasteiger partial charge is 0.247 e. The standard InChI is InChI=1S/C13H17N3O3/c1-15-8-13(18)16(9-12(15)17)11-5-3-4-10(6-11)7-14-19-2/h3-6,14H,7-9H2,1-2H3. The summed E-state index contributed by atoms with van der Waals surface area (Å²) in [6.07, 6.45) is 0. The molecule has 19 heavy (non-hydrogen) atoms. The highest BCUT2D eigenvalue weighted by molar-refractivity contribution is 6.04. The lowest BCUT2D eigenvalue weighted by atomic mass is 10.1. The van der Waals surface area contributed by atoms with Crippen LogP contribution in [0, 0.1) is 0 Å². The minimum Gasteiger partial charge on any atom is -0.335 e. The lowest BCUT2D eigenvalue weighted by Gasteiger charge is -2.31. The van der Waals surface area contributed by atoms with E-state index >= 15 is 0 Å². The first kappa shape index (κ1) is 13.5. The van der Waals surface area contributed by atoms with Crippen molar-refractivity contribution in [3.8, 4) is 0 Å². The predicted molar refractivity (Wildman–Crippen MR) is 70.3 cm³/mol. The number of amides is 2. The zero-order valence-corrected chi connectivity index (χ0v) is 11.0. The van der Waals surface area contributed by atoms with Crippen LogP contribution in [0.4, 0.5) is 5.69 Å². The van der Waals surface area contributed by atoms with E-state index in [2.05, 4.69) is 5.48 Å². The summed E-state index contributed by atoms with van der Waals surface area (Å²) in [4.78, 5) is 31.4. The third-order valence-electron chi connectivity index (χ3n) is 3.04. The second kappa shape index (κ2) is 5.81. The first-order valence-electron chi connectivity index (χ1n) is 6.01. The lowest BCUT2D eigenvalue weighted by Crippen LogP contribution is -2.52. The topological polar surface area (TPSA) is 61.9 Å². The van der Waals surface area contributed by atoms with E-state index in [-0.39, 0.29) is 24.9 Å². The van der Waals surface area contributed by atoms with Gasteiger partial charge in [-0.25, -0.2) is 0 Å². The minimum atomic E-state index is -0.0704. The average molecular weight is 263 g/mol. The zero-order valence-electron chi connectivity index (χ0n) is 11.0. The molecule has 6 nitrogen and oxygen atoms in total. The van der Waals surface area contributed by atoms with Crippen molar-refractivity contribution in [2.24, 2.45) is 0 Å². The number of hydrogen-bond donors (Lipinski definition) is 1. The molecule has 1 N–H and O–H groups in total. The number of benzene rings is 1. The SMILES string of the molecule is CONCc1cccc(N2CC(=O)N(C)CC2=O)c1. The van der Waals surface area contributed by atoms with Crippen LogP contribution in [-0.4, -0.2) is 44.0 Å². The van der Waals surface area contributed by atoms with E-state index in [4.69, 9.17) is 4.84 Å². The second-order valence-corrected chi connectivity index (χ2v) is 4.42. The largest absolute Gasteiger partial charge is 0.335 e. The average Bonchev–Trinajstić information content (AvgIpc) is 2.41. The Bertz CT molecular complexity index is 490. The molecule has 0 unspecified atom stereocenters. The summed E-state index contributed by atoms with van der Waals surface area (Å²) in [5.41, 5.74) is 4.47. The number of hydrogen-bond acceptors (Lipinski definition) is 4. The normalized spacial score (nSPS) is 16.1. The number of likely N-dealkylation sites (N-methyl/N-ethyl adjacent to an activating group) is 1. The van der Waals surface area contributed by atoms with Crippen LogP contribution in [0.25, 0.3) is 0 Å². The van der Waals surface area contributed by atoms with Gasteiger partial charge in [0.25, 0.3) is 0 Å². The summed E-state index contributed by atoms with van der Waals surface area (Å²) in [5.74, 6) is -0.126. The van der Waals surface area contributed by atoms with E-state index in [1.807, 2.05) is 24.3 Å². The van der Waals surface area contributed by atoms with Gasteiger partial charge in [0.2, 0.25) is 11.8 Å². The van der Waals surface area contributed by atoms with E-state index in [0.29, 0.717) is 6.54 Å². The summed E-state index contributed by atoms with van der Waals surface area (Å²) in [6.45, 7) is 0.760. The van der Waals surface area contributed by atoms with Crippen molar-refractivity contribution in [3.63, 3.8) is 0 Å². The molecule has 1 aliphatic rings. The van der Waals surface area contributed by atoms with Gasteiger partial charge >= 0.3 is 0 Å². The molecule has 1 heterocycles. The van der Waals surface area contributed by atoms with Gasteiger partial charge < -0.3 is 14.6 Å². The third-order valence-corrected chi connectivity index (χ3v) is 3.04. The van der Waals surface area contributed by atoms with Gasteiger partial charge in [-0.15, -0.1) is 0 Å². The molecular formula is C13H17N3O3. The lowest BCUT2D eigenvalue weighted by molar-refractivity contribution is -0.136. The molecule has 1 aromatic carbocycles. The van der Waals surface area contributed by atoms with Gasteiger partial charge in [-0.3, -0.25) is 9.59 Å². The van der Waals surface area contributed by atoms with Crippen LogP contribution < -0.4 is 10.4 Å². The summed E-state index contributed by atoms with van der Waals surface area (Å²) >= 11 is 0. The van der Waals surface area contributed by atoms with Gasteiger partial charge in [-0.1, -0.05) is 12.1 Å². The summed E-state index contributed by atoms with van der Waals surface area (Å²) in [6, 6.07) is 7.49. The number of anilines is 1. The molecule has 0 aliphatic carbocycles. The minimum absolute atomic E-state index is 0.0555. The van der Waals surface area contributed by atoms with Gasteiger partial charge in [0, 0.05) is 19.3 Å². The summed E-state index contributed by atoms with van der Waals surface area (Å²) in [7, 11) is 3.18. The maximum atomic E-state index is 12.0. The zero-order chi connectivity index (χ0) is 13.8. The van der Waals surface area contributed by atoms with Crippen LogP contribution in [0.1, 0.15) is 5.56 Å². The summed E-state index contributed by atoms with van der Waals surface area (Å²) in [5, 5.41) is 0. The van der Waals surface area contributed by atoms with Gasteiger partial charge in [-0.05, 0) is 17.7 Å². The van der Waals surface area contributed by atoms with Crippen molar-refractivity contribution in [1.29, 1.82) is 0 Å². The fourth-order valence-corrected chi connectivity index (χ4v) is 1.95. The number of nitrogens with zero attached hydrogens (tertiary/aromatic N) is 2. The molecule has 1 saturated heterocycles. The number of piperazine rings is 1. The van der Waals surface area contributed by atoms with Crippen molar-refractivity contribution in [2.45, 2.75) is 6.54 Å². The number of carbonyl (C=O) groups excluding carboxylic acids is 2. The Labute approximate surface area is 111 Å². The predicted octanol–water partition coefficient (Wildman–Crippen LogP) is 0.143. The van der Waals surface area contributed by atoms with Gasteiger partial charge in [0.15, 0.2) is 0 Å². The Kier molecular flexibility index (Phi) is 4.13. The van der Waals surface area contributed by atoms with Crippen LogP contribution in [-0.2, 0) is 21.0 Å². The second-order valence-electron chi connectivity index (χ2n) is 4.42. The number of hydroxylamine groups is 1. The molecule has 2 rings (SSSR count). The van der Waals surface area contributed by atoms with E-state index in [1.54, 1.807) is 14.2 Å². The molecule has 0 atom stereocenters. The molecule has 102 valence electrons. The number of carbonyl (C=O) groups is 2. The van der Waals surface area contributed by atoms with Crippen LogP contribution in [0.5, 0.6) is 0 Å². The quantitative estimate of drug-likeness (QED) is 0.785. The van der Waals surface area contributed by atoms with E-state index in [1.165, 1.54) is 9.80 Å². The van der Waals surface area contributed by atoms with Crippen molar-refractivity contribution in [1.82, 2.24) is 10.4 Å². The van der Waals surface area contributed by atoms with E-state index < -0.39 is 0 Å². The van der Waals surface area contributed by atoms with Crippen LogP contribution in [0.2, 0.25) is 0 Å². The summed E-state index contributed by atoms with van der Waals surface area (Å²) < 4.78 is 0. The van der Waals surface area contributed by atoms with Crippen molar-refractivity contribution in [3.05, 3.63) is 29.8 Å². The number of nitrogens with one attached hydrogen (secondary N) is 1. The first-order valence-corrected chi connectivity index (χ1v) is 6.01. The van der Waals surface area contributed by atoms with Gasteiger partial charge in [0.05, 0.1) is 13.7 Å². The Hall–Kier alpha value is -1.92. The Morgan fingerprint density at radius 3 is 2.79 bits per heavy atom. The molecule has 1 aliphatic heterocycles. The van der Waals surface area contributed by atoms with Gasteiger partial charge in [-0.2, -0.15) is 5.48 Å². The van der Waals surface area contributed by atoms with Crippen molar-refractivity contribution in [2.75, 3.05) is 32.1 Å². The molecule has 0 radical (unpaired) electrons. The van der Waals surface area contributed by atoms with E-state index in [0.717, 1.165) is 11.3 Å². The molecule has 6 heteroatoms. The van der Waals surface area contributed by atoms with E-state index in [9.17, 15) is 9.59 Å². The highest BCUT2D eigenvalue weighted by Crippen LogP contribution is 2.19. The molecular weight excluding hydrogens is 246 g/mol. The highest BCUT2D eigenvalue weighted by Gasteiger charge is 2.28. The fraction of sp³-hybridized carbons (Fsp3) is 0.385. The van der Waals surface area contributed by atoms with Crippen LogP contribution >= 0.6 is 0 Å². The molecule has 0 bridgehead atoms. The van der Waals surface area contributed by atoms with Gasteiger partial charge in [0.1, 0.15) is 6.54 Å². The molecule has 0 aromatic heterocycles. The monoisotopic (exact) mass is 263 g/mol. The van der Waals surface area contributed by atoms with Crippen molar-refractivity contribution < 1.29 is 14.4 Å². The first-order chi connectivity index (χ1) is 9.11. The Morgan fingerprint density at radius 1 is 1.26 bits per heavy atom. The van der Waals surface area contributed by atoms with Crippen LogP contribution in [0.15, 0.2) is 24.3 Å².